The number of hydrogen-bond donors (Lipinski definition) is 2. The zero-order chi connectivity index (χ0) is 13.8. The third kappa shape index (κ3) is 4.94. The van der Waals surface area contributed by atoms with Gasteiger partial charge in [0.1, 0.15) is 0 Å². The number of carbonyl (C=O) groups excluding carboxylic acids is 1. The van der Waals surface area contributed by atoms with E-state index in [1.165, 1.54) is 12.8 Å². The fourth-order valence-corrected chi connectivity index (χ4v) is 2.62. The van der Waals surface area contributed by atoms with Crippen molar-refractivity contribution in [3.63, 3.8) is 0 Å². The number of carbonyl (C=O) groups is 1. The van der Waals surface area contributed by atoms with Gasteiger partial charge in [-0.15, -0.1) is 0 Å². The SMILES string of the molecule is CN1CCCC1CNC(=O)C(CN)CC(C)(C)C. The third-order valence-electron chi connectivity index (χ3n) is 3.70. The van der Waals surface area contributed by atoms with Crippen LogP contribution in [0, 0.1) is 11.3 Å². The summed E-state index contributed by atoms with van der Waals surface area (Å²) in [6.45, 7) is 8.78. The average Bonchev–Trinajstić information content (AvgIpc) is 2.67. The average molecular weight is 255 g/mol. The maximum atomic E-state index is 12.1. The lowest BCUT2D eigenvalue weighted by molar-refractivity contribution is -0.125. The van der Waals surface area contributed by atoms with Crippen LogP contribution in [0.5, 0.6) is 0 Å². The second-order valence-electron chi connectivity index (χ2n) is 6.72. The highest BCUT2D eigenvalue weighted by Crippen LogP contribution is 2.24. The van der Waals surface area contributed by atoms with Gasteiger partial charge in [0.05, 0.1) is 5.92 Å². The molecule has 1 fully saturated rings. The molecule has 1 aliphatic rings. The third-order valence-corrected chi connectivity index (χ3v) is 3.70. The van der Waals surface area contributed by atoms with Crippen LogP contribution in [0.1, 0.15) is 40.0 Å². The van der Waals surface area contributed by atoms with Crippen LogP contribution in [0.25, 0.3) is 0 Å². The Kier molecular flexibility index (Phi) is 5.60. The van der Waals surface area contributed by atoms with E-state index in [0.29, 0.717) is 12.6 Å². The molecule has 4 nitrogen and oxygen atoms in total. The summed E-state index contributed by atoms with van der Waals surface area (Å²) < 4.78 is 0. The largest absolute Gasteiger partial charge is 0.354 e. The molecular formula is C14H29N3O. The summed E-state index contributed by atoms with van der Waals surface area (Å²) in [5.74, 6) is 0.0597. The minimum Gasteiger partial charge on any atom is -0.354 e. The van der Waals surface area contributed by atoms with Crippen LogP contribution in [-0.4, -0.2) is 43.5 Å². The Morgan fingerprint density at radius 2 is 2.17 bits per heavy atom. The van der Waals surface area contributed by atoms with E-state index >= 15 is 0 Å². The van der Waals surface area contributed by atoms with Gasteiger partial charge in [0, 0.05) is 19.1 Å². The predicted octanol–water partition coefficient (Wildman–Crippen LogP) is 1.21. The quantitative estimate of drug-likeness (QED) is 0.776. The number of rotatable bonds is 5. The standard InChI is InChI=1S/C14H29N3O/c1-14(2,3)8-11(9-15)13(18)16-10-12-6-5-7-17(12)4/h11-12H,5-10,15H2,1-4H3,(H,16,18). The first-order valence-corrected chi connectivity index (χ1v) is 7.01. The smallest absolute Gasteiger partial charge is 0.224 e. The number of amides is 1. The molecule has 4 heteroatoms. The maximum Gasteiger partial charge on any atom is 0.224 e. The summed E-state index contributed by atoms with van der Waals surface area (Å²) in [6.07, 6.45) is 3.26. The van der Waals surface area contributed by atoms with Crippen LogP contribution in [0.2, 0.25) is 0 Å². The highest BCUT2D eigenvalue weighted by atomic mass is 16.1. The summed E-state index contributed by atoms with van der Waals surface area (Å²) in [6, 6.07) is 0.502. The normalized spacial score (nSPS) is 23.1. The zero-order valence-electron chi connectivity index (χ0n) is 12.3. The molecule has 106 valence electrons. The van der Waals surface area contributed by atoms with Gasteiger partial charge in [0.2, 0.25) is 5.91 Å². The molecule has 0 bridgehead atoms. The van der Waals surface area contributed by atoms with Gasteiger partial charge in [-0.05, 0) is 38.3 Å². The highest BCUT2D eigenvalue weighted by Gasteiger charge is 2.26. The van der Waals surface area contributed by atoms with Gasteiger partial charge in [0.25, 0.3) is 0 Å². The van der Waals surface area contributed by atoms with Crippen molar-refractivity contribution in [1.29, 1.82) is 0 Å². The first-order valence-electron chi connectivity index (χ1n) is 7.01. The Hall–Kier alpha value is -0.610. The first kappa shape index (κ1) is 15.4. The van der Waals surface area contributed by atoms with Crippen molar-refractivity contribution in [2.45, 2.75) is 46.1 Å². The highest BCUT2D eigenvalue weighted by molar-refractivity contribution is 5.78. The molecule has 2 unspecified atom stereocenters. The zero-order valence-corrected chi connectivity index (χ0v) is 12.3. The van der Waals surface area contributed by atoms with Gasteiger partial charge in [-0.25, -0.2) is 0 Å². The van der Waals surface area contributed by atoms with Crippen molar-refractivity contribution in [3.05, 3.63) is 0 Å². The molecule has 18 heavy (non-hydrogen) atoms. The Morgan fingerprint density at radius 1 is 1.50 bits per heavy atom. The molecule has 0 spiro atoms. The van der Waals surface area contributed by atoms with E-state index in [0.717, 1.165) is 19.5 Å². The summed E-state index contributed by atoms with van der Waals surface area (Å²) in [7, 11) is 2.12. The Balaban J connectivity index is 2.38. The van der Waals surface area contributed by atoms with Crippen molar-refractivity contribution in [2.75, 3.05) is 26.7 Å². The molecule has 0 aliphatic carbocycles. The Morgan fingerprint density at radius 3 is 2.61 bits per heavy atom. The molecule has 0 radical (unpaired) electrons. The van der Waals surface area contributed by atoms with Gasteiger partial charge in [0.15, 0.2) is 0 Å². The van der Waals surface area contributed by atoms with Gasteiger partial charge in [-0.3, -0.25) is 4.79 Å². The molecule has 1 saturated heterocycles. The number of nitrogens with two attached hydrogens (primary N) is 1. The number of nitrogens with one attached hydrogen (secondary N) is 1. The topological polar surface area (TPSA) is 58.4 Å². The van der Waals surface area contributed by atoms with Crippen molar-refractivity contribution >= 4 is 5.91 Å². The lowest BCUT2D eigenvalue weighted by Gasteiger charge is -2.26. The van der Waals surface area contributed by atoms with Crippen LogP contribution in [-0.2, 0) is 4.79 Å². The van der Waals surface area contributed by atoms with Gasteiger partial charge < -0.3 is 16.0 Å². The van der Waals surface area contributed by atoms with Crippen molar-refractivity contribution in [3.8, 4) is 0 Å². The van der Waals surface area contributed by atoms with Crippen molar-refractivity contribution < 1.29 is 4.79 Å². The van der Waals surface area contributed by atoms with E-state index in [1.807, 2.05) is 0 Å². The Labute approximate surface area is 111 Å². The number of likely N-dealkylation sites (N-methyl/N-ethyl adjacent to an activating group) is 1. The second kappa shape index (κ2) is 6.53. The van der Waals surface area contributed by atoms with E-state index in [2.05, 4.69) is 38.0 Å². The van der Waals surface area contributed by atoms with E-state index in [-0.39, 0.29) is 17.2 Å². The summed E-state index contributed by atoms with van der Waals surface area (Å²) in [5, 5.41) is 3.07. The van der Waals surface area contributed by atoms with Crippen LogP contribution < -0.4 is 11.1 Å². The monoisotopic (exact) mass is 255 g/mol. The fourth-order valence-electron chi connectivity index (χ4n) is 2.62. The number of hydrogen-bond acceptors (Lipinski definition) is 3. The lowest BCUT2D eigenvalue weighted by Crippen LogP contribution is -2.43. The molecule has 3 N–H and O–H groups in total. The van der Waals surface area contributed by atoms with E-state index in [4.69, 9.17) is 5.73 Å². The van der Waals surface area contributed by atoms with Crippen molar-refractivity contribution in [2.24, 2.45) is 17.1 Å². The van der Waals surface area contributed by atoms with Crippen LogP contribution in [0.15, 0.2) is 0 Å². The maximum absolute atomic E-state index is 12.1. The minimum atomic E-state index is -0.0586. The molecule has 1 aliphatic heterocycles. The molecule has 0 aromatic heterocycles. The van der Waals surface area contributed by atoms with Gasteiger partial charge >= 0.3 is 0 Å². The van der Waals surface area contributed by atoms with E-state index < -0.39 is 0 Å². The summed E-state index contributed by atoms with van der Waals surface area (Å²) in [4.78, 5) is 14.4. The predicted molar refractivity (Wildman–Crippen MR) is 75.3 cm³/mol. The number of nitrogens with zero attached hydrogens (tertiary/aromatic N) is 1. The van der Waals surface area contributed by atoms with E-state index in [1.54, 1.807) is 0 Å². The molecule has 1 heterocycles. The second-order valence-corrected chi connectivity index (χ2v) is 6.72. The van der Waals surface area contributed by atoms with Gasteiger partial charge in [-0.2, -0.15) is 0 Å². The molecule has 1 rings (SSSR count). The molecule has 0 aromatic carbocycles. The van der Waals surface area contributed by atoms with E-state index in [9.17, 15) is 4.79 Å². The molecule has 0 saturated carbocycles. The summed E-state index contributed by atoms with van der Waals surface area (Å²) in [5.41, 5.74) is 5.87. The molecule has 1 amide bonds. The fraction of sp³-hybridized carbons (Fsp3) is 0.929. The van der Waals surface area contributed by atoms with Gasteiger partial charge in [-0.1, -0.05) is 20.8 Å². The van der Waals surface area contributed by atoms with Crippen LogP contribution in [0.3, 0.4) is 0 Å². The molecule has 0 aromatic rings. The van der Waals surface area contributed by atoms with Crippen molar-refractivity contribution in [1.82, 2.24) is 10.2 Å². The minimum absolute atomic E-state index is 0.0586. The Bertz CT molecular complexity index is 273. The molecular weight excluding hydrogens is 226 g/mol. The summed E-state index contributed by atoms with van der Waals surface area (Å²) >= 11 is 0. The lowest BCUT2D eigenvalue weighted by atomic mass is 9.84. The van der Waals surface area contributed by atoms with Crippen LogP contribution >= 0.6 is 0 Å². The molecule has 2 atom stereocenters. The first-order chi connectivity index (χ1) is 8.33. The number of likely N-dealkylation sites (tertiary alicyclic amines) is 1. The van der Waals surface area contributed by atoms with Crippen LogP contribution in [0.4, 0.5) is 0 Å².